The van der Waals surface area contributed by atoms with Gasteiger partial charge in [0, 0.05) is 25.4 Å². The molecule has 0 unspecified atom stereocenters. The number of nitrogens with zero attached hydrogens (tertiary/aromatic N) is 5. The fraction of sp³-hybridized carbons (Fsp3) is 0.435. The molecule has 0 N–H and O–H groups in total. The van der Waals surface area contributed by atoms with Crippen LogP contribution < -0.4 is 0 Å². The van der Waals surface area contributed by atoms with E-state index in [1.807, 2.05) is 36.1 Å². The van der Waals surface area contributed by atoms with Crippen molar-refractivity contribution >= 4 is 11.6 Å². The number of aromatic nitrogens is 3. The summed E-state index contributed by atoms with van der Waals surface area (Å²) in [5, 5.41) is 4.32. The zero-order valence-electron chi connectivity index (χ0n) is 17.3. The van der Waals surface area contributed by atoms with Crippen LogP contribution in [0.1, 0.15) is 40.5 Å². The van der Waals surface area contributed by atoms with Gasteiger partial charge in [0.15, 0.2) is 5.65 Å². The molecule has 3 aromatic rings. The third-order valence-corrected chi connectivity index (χ3v) is 6.28. The van der Waals surface area contributed by atoms with Gasteiger partial charge in [-0.15, -0.1) is 0 Å². The van der Waals surface area contributed by atoms with Gasteiger partial charge >= 0.3 is 0 Å². The van der Waals surface area contributed by atoms with E-state index in [1.165, 1.54) is 12.8 Å². The smallest absolute Gasteiger partial charge is 0.257 e. The van der Waals surface area contributed by atoms with Crippen molar-refractivity contribution in [3.63, 3.8) is 0 Å². The van der Waals surface area contributed by atoms with Crippen LogP contribution in [0.3, 0.4) is 0 Å². The second-order valence-electron chi connectivity index (χ2n) is 8.13. The topological polar surface area (TPSA) is 63.0 Å². The molecule has 0 spiro atoms. The predicted molar refractivity (Wildman–Crippen MR) is 113 cm³/mol. The molecule has 0 radical (unpaired) electrons. The van der Waals surface area contributed by atoms with Gasteiger partial charge in [0.1, 0.15) is 0 Å². The maximum absolute atomic E-state index is 13.7. The molecule has 1 aromatic carbocycles. The third kappa shape index (κ3) is 3.48. The predicted octanol–water partition coefficient (Wildman–Crippen LogP) is 2.72. The molecular weight excluding hydrogens is 378 g/mol. The Hall–Kier alpha value is -2.77. The van der Waals surface area contributed by atoms with Crippen LogP contribution in [0.2, 0.25) is 0 Å². The maximum Gasteiger partial charge on any atom is 0.257 e. The summed E-state index contributed by atoms with van der Waals surface area (Å²) in [5.41, 5.74) is 3.26. The second kappa shape index (κ2) is 8.16. The minimum atomic E-state index is -0.124. The number of ether oxygens (including phenoxy) is 1. The van der Waals surface area contributed by atoms with Crippen molar-refractivity contribution < 1.29 is 9.53 Å². The molecule has 2 aromatic heterocycles. The van der Waals surface area contributed by atoms with E-state index >= 15 is 0 Å². The van der Waals surface area contributed by atoms with Gasteiger partial charge in [-0.1, -0.05) is 30.3 Å². The zero-order valence-corrected chi connectivity index (χ0v) is 17.3. The Morgan fingerprint density at radius 1 is 1.13 bits per heavy atom. The molecule has 0 aliphatic carbocycles. The average molecular weight is 406 g/mol. The van der Waals surface area contributed by atoms with Crippen molar-refractivity contribution in [2.45, 2.75) is 31.9 Å². The number of hydrogen-bond donors (Lipinski definition) is 0. The molecule has 2 saturated heterocycles. The number of benzene rings is 1. The minimum absolute atomic E-state index is 0.0130. The summed E-state index contributed by atoms with van der Waals surface area (Å²) in [7, 11) is 0. The standard InChI is InChI=1S/C23H27N5O2/c1-17-19(15-24-21-9-10-25-28(17)21)23(29)27-13-14-30-20(16-26-11-5-6-12-26)22(27)18-7-3-2-4-8-18/h2-4,7-10,15,20,22H,5-6,11-14,16H2,1H3/t20-,22-/m0/s1. The Bertz CT molecular complexity index is 1030. The number of aryl methyl sites for hydroxylation is 1. The van der Waals surface area contributed by atoms with E-state index in [9.17, 15) is 4.79 Å². The molecule has 2 fully saturated rings. The first-order valence-electron chi connectivity index (χ1n) is 10.7. The van der Waals surface area contributed by atoms with Crippen LogP contribution in [-0.4, -0.2) is 69.2 Å². The van der Waals surface area contributed by atoms with Crippen molar-refractivity contribution in [3.05, 3.63) is 65.6 Å². The van der Waals surface area contributed by atoms with E-state index < -0.39 is 0 Å². The van der Waals surface area contributed by atoms with Gasteiger partial charge in [-0.2, -0.15) is 5.10 Å². The highest BCUT2D eigenvalue weighted by molar-refractivity contribution is 5.95. The van der Waals surface area contributed by atoms with Crippen molar-refractivity contribution in [1.29, 1.82) is 0 Å². The Balaban J connectivity index is 1.50. The first-order chi connectivity index (χ1) is 14.7. The van der Waals surface area contributed by atoms with Crippen LogP contribution in [0.15, 0.2) is 48.8 Å². The molecular formula is C23H27N5O2. The lowest BCUT2D eigenvalue weighted by Gasteiger charge is -2.43. The Labute approximate surface area is 176 Å². The van der Waals surface area contributed by atoms with E-state index in [2.05, 4.69) is 27.1 Å². The first kappa shape index (κ1) is 19.2. The molecule has 0 bridgehead atoms. The van der Waals surface area contributed by atoms with Crippen molar-refractivity contribution in [2.24, 2.45) is 0 Å². The summed E-state index contributed by atoms with van der Waals surface area (Å²) in [6, 6.07) is 12.0. The number of hydrogen-bond acceptors (Lipinski definition) is 5. The van der Waals surface area contributed by atoms with E-state index in [0.717, 1.165) is 36.5 Å². The van der Waals surface area contributed by atoms with Gasteiger partial charge in [0.2, 0.25) is 0 Å². The fourth-order valence-corrected chi connectivity index (χ4v) is 4.73. The second-order valence-corrected chi connectivity index (χ2v) is 8.13. The molecule has 7 heteroatoms. The lowest BCUT2D eigenvalue weighted by Crippen LogP contribution is -2.51. The summed E-state index contributed by atoms with van der Waals surface area (Å²) in [4.78, 5) is 22.6. The zero-order chi connectivity index (χ0) is 20.5. The van der Waals surface area contributed by atoms with E-state index in [4.69, 9.17) is 4.74 Å². The average Bonchev–Trinajstić information content (AvgIpc) is 3.46. The van der Waals surface area contributed by atoms with Crippen LogP contribution in [-0.2, 0) is 4.74 Å². The number of morpholine rings is 1. The van der Waals surface area contributed by atoms with Crippen LogP contribution in [0, 0.1) is 6.92 Å². The quantitative estimate of drug-likeness (QED) is 0.668. The molecule has 2 aliphatic rings. The lowest BCUT2D eigenvalue weighted by molar-refractivity contribution is -0.0707. The molecule has 5 rings (SSSR count). The Morgan fingerprint density at radius 2 is 1.93 bits per heavy atom. The molecule has 1 amide bonds. The maximum atomic E-state index is 13.7. The van der Waals surface area contributed by atoms with E-state index in [1.54, 1.807) is 16.9 Å². The van der Waals surface area contributed by atoms with Gasteiger partial charge < -0.3 is 14.5 Å². The Morgan fingerprint density at radius 3 is 2.73 bits per heavy atom. The molecule has 0 saturated carbocycles. The number of fused-ring (bicyclic) bond motifs is 1. The van der Waals surface area contributed by atoms with Crippen molar-refractivity contribution in [2.75, 3.05) is 32.8 Å². The van der Waals surface area contributed by atoms with Gasteiger partial charge in [0.05, 0.1) is 36.2 Å². The van der Waals surface area contributed by atoms with Crippen LogP contribution in [0.25, 0.3) is 5.65 Å². The van der Waals surface area contributed by atoms with Crippen LogP contribution in [0.5, 0.6) is 0 Å². The summed E-state index contributed by atoms with van der Waals surface area (Å²) in [5.74, 6) is -0.0130. The summed E-state index contributed by atoms with van der Waals surface area (Å²) < 4.78 is 7.97. The van der Waals surface area contributed by atoms with E-state index in [0.29, 0.717) is 18.7 Å². The molecule has 30 heavy (non-hydrogen) atoms. The van der Waals surface area contributed by atoms with Crippen LogP contribution in [0.4, 0.5) is 0 Å². The third-order valence-electron chi connectivity index (χ3n) is 6.28. The van der Waals surface area contributed by atoms with E-state index in [-0.39, 0.29) is 18.1 Å². The monoisotopic (exact) mass is 405 g/mol. The molecule has 2 aliphatic heterocycles. The molecule has 2 atom stereocenters. The SMILES string of the molecule is Cc1c(C(=O)N2CCO[C@@H](CN3CCCC3)[C@@H]2c2ccccc2)cnc2ccnn12. The minimum Gasteiger partial charge on any atom is -0.373 e. The molecule has 7 nitrogen and oxygen atoms in total. The van der Waals surface area contributed by atoms with Crippen molar-refractivity contribution in [3.8, 4) is 0 Å². The first-order valence-corrected chi connectivity index (χ1v) is 10.7. The number of carbonyl (C=O) groups excluding carboxylic acids is 1. The summed E-state index contributed by atoms with van der Waals surface area (Å²) in [6.07, 6.45) is 5.81. The number of likely N-dealkylation sites (tertiary alicyclic amines) is 1. The highest BCUT2D eigenvalue weighted by atomic mass is 16.5. The highest BCUT2D eigenvalue weighted by Crippen LogP contribution is 2.32. The molecule has 156 valence electrons. The van der Waals surface area contributed by atoms with Gasteiger partial charge in [-0.25, -0.2) is 9.50 Å². The summed E-state index contributed by atoms with van der Waals surface area (Å²) in [6.45, 7) is 6.09. The van der Waals surface area contributed by atoms with Crippen molar-refractivity contribution in [1.82, 2.24) is 24.4 Å². The van der Waals surface area contributed by atoms with Gasteiger partial charge in [-0.05, 0) is 38.4 Å². The van der Waals surface area contributed by atoms with Crippen LogP contribution >= 0.6 is 0 Å². The Kier molecular flexibility index (Phi) is 5.23. The van der Waals surface area contributed by atoms with Gasteiger partial charge in [-0.3, -0.25) is 4.79 Å². The largest absolute Gasteiger partial charge is 0.373 e. The number of carbonyl (C=O) groups is 1. The summed E-state index contributed by atoms with van der Waals surface area (Å²) >= 11 is 0. The molecule has 4 heterocycles. The lowest BCUT2D eigenvalue weighted by atomic mass is 9.96. The highest BCUT2D eigenvalue weighted by Gasteiger charge is 2.38. The van der Waals surface area contributed by atoms with Gasteiger partial charge in [0.25, 0.3) is 5.91 Å². The normalized spacial score (nSPS) is 22.6. The number of amides is 1. The fourth-order valence-electron chi connectivity index (χ4n) is 4.73. The number of rotatable bonds is 4.